The quantitative estimate of drug-likeness (QED) is 0.388. The van der Waals surface area contributed by atoms with Gasteiger partial charge in [0, 0.05) is 18.7 Å². The number of nitrogens with zero attached hydrogens (tertiary/aromatic N) is 2. The van der Waals surface area contributed by atoms with Crippen molar-refractivity contribution in [2.24, 2.45) is 0 Å². The summed E-state index contributed by atoms with van der Waals surface area (Å²) in [5.41, 5.74) is 5.05. The minimum atomic E-state index is -0.779. The number of aromatic nitrogens is 2. The predicted molar refractivity (Wildman–Crippen MR) is 146 cm³/mol. The number of benzene rings is 3. The van der Waals surface area contributed by atoms with Crippen LogP contribution in [0.1, 0.15) is 40.9 Å². The van der Waals surface area contributed by atoms with E-state index in [2.05, 4.69) is 17.1 Å². The van der Waals surface area contributed by atoms with Gasteiger partial charge in [-0.15, -0.1) is 4.74 Å². The molecule has 2 unspecified atom stereocenters. The Morgan fingerprint density at radius 1 is 0.974 bits per heavy atom. The molecule has 5 rings (SSSR count). The summed E-state index contributed by atoms with van der Waals surface area (Å²) in [6, 6.07) is 21.2. The second-order valence-corrected chi connectivity index (χ2v) is 9.98. The van der Waals surface area contributed by atoms with Crippen molar-refractivity contribution < 1.29 is 18.8 Å². The highest BCUT2D eigenvalue weighted by atomic mass is 16.5. The van der Waals surface area contributed by atoms with Gasteiger partial charge in [-0.1, -0.05) is 36.4 Å². The van der Waals surface area contributed by atoms with Crippen molar-refractivity contribution in [1.29, 1.82) is 0 Å². The number of carbonyl (C=O) groups is 1. The fourth-order valence-corrected chi connectivity index (χ4v) is 4.92. The Kier molecular flexibility index (Phi) is 7.51. The molecule has 9 heteroatoms. The van der Waals surface area contributed by atoms with E-state index < -0.39 is 11.4 Å². The van der Waals surface area contributed by atoms with Gasteiger partial charge in [-0.3, -0.25) is 4.79 Å². The first-order chi connectivity index (χ1) is 18.7. The van der Waals surface area contributed by atoms with Gasteiger partial charge in [0.05, 0.1) is 18.8 Å². The number of rotatable bonds is 7. The van der Waals surface area contributed by atoms with Gasteiger partial charge in [-0.05, 0) is 78.9 Å². The predicted octanol–water partition coefficient (Wildman–Crippen LogP) is 3.98. The molecule has 1 amide bonds. The van der Waals surface area contributed by atoms with E-state index in [1.54, 1.807) is 0 Å². The van der Waals surface area contributed by atoms with E-state index in [9.17, 15) is 14.4 Å². The molecule has 39 heavy (non-hydrogen) atoms. The molecule has 2 heterocycles. The Bertz CT molecular complexity index is 1570. The maximum absolute atomic E-state index is 13.1. The Balaban J connectivity index is 1.23. The molecule has 4 aromatic rings. The Labute approximate surface area is 225 Å². The fourth-order valence-electron chi connectivity index (χ4n) is 4.92. The lowest BCUT2D eigenvalue weighted by molar-refractivity contribution is -0.0586. The molecule has 0 spiro atoms. The van der Waals surface area contributed by atoms with Gasteiger partial charge in [-0.2, -0.15) is 0 Å². The van der Waals surface area contributed by atoms with Crippen LogP contribution in [0.15, 0.2) is 80.8 Å². The third kappa shape index (κ3) is 6.21. The van der Waals surface area contributed by atoms with Crippen LogP contribution in [0, 0.1) is 6.92 Å². The largest absolute Gasteiger partial charge is 0.489 e. The topological polar surface area (TPSA) is 107 Å². The van der Waals surface area contributed by atoms with Crippen LogP contribution >= 0.6 is 0 Å². The molecule has 3 aromatic carbocycles. The number of amides is 1. The zero-order valence-electron chi connectivity index (χ0n) is 22.2. The molecule has 0 radical (unpaired) electrons. The van der Waals surface area contributed by atoms with Crippen molar-refractivity contribution in [1.82, 2.24) is 14.6 Å². The second kappa shape index (κ2) is 11.2. The maximum atomic E-state index is 13.1. The number of ether oxygens (including phenoxy) is 2. The lowest BCUT2D eigenvalue weighted by atomic mass is 9.96. The van der Waals surface area contributed by atoms with Crippen molar-refractivity contribution in [3.63, 3.8) is 0 Å². The highest BCUT2D eigenvalue weighted by molar-refractivity contribution is 5.95. The van der Waals surface area contributed by atoms with Gasteiger partial charge in [0.2, 0.25) is 0 Å². The molecule has 0 saturated carbocycles. The smallest absolute Gasteiger partial charge is 0.440 e. The van der Waals surface area contributed by atoms with Crippen LogP contribution in [0.3, 0.4) is 0 Å². The highest BCUT2D eigenvalue weighted by Gasteiger charge is 2.26. The summed E-state index contributed by atoms with van der Waals surface area (Å²) in [6.07, 6.45) is 0.0568. The number of nitrogens with one attached hydrogen (secondary N) is 1. The average molecular weight is 530 g/mol. The average Bonchev–Trinajstić information content (AvgIpc) is 3.23. The minimum absolute atomic E-state index is 0.0284. The first-order valence-corrected chi connectivity index (χ1v) is 12.9. The van der Waals surface area contributed by atoms with E-state index >= 15 is 0 Å². The van der Waals surface area contributed by atoms with E-state index in [4.69, 9.17) is 14.0 Å². The minimum Gasteiger partial charge on any atom is -0.489 e. The van der Waals surface area contributed by atoms with Gasteiger partial charge in [-0.25, -0.2) is 14.6 Å². The lowest BCUT2D eigenvalue weighted by Crippen LogP contribution is -2.48. The molecule has 1 aliphatic heterocycles. The van der Waals surface area contributed by atoms with Crippen LogP contribution in [0.25, 0.3) is 11.1 Å². The van der Waals surface area contributed by atoms with E-state index in [1.807, 2.05) is 80.3 Å². The number of hydrogen-bond donors (Lipinski definition) is 1. The number of aromatic amines is 1. The molecule has 1 fully saturated rings. The molecular weight excluding hydrogens is 498 g/mol. The molecule has 1 N–H and O–H groups in total. The molecular formula is C30H31N3O6. The summed E-state index contributed by atoms with van der Waals surface area (Å²) in [5, 5.41) is 0. The normalized spacial score (nSPS) is 17.3. The first kappa shape index (κ1) is 26.2. The SMILES string of the molecule is Cc1cc(C(=O)N2CC(C)OC(C)C2)ccc1-c1cccc(COc2ccc(Cn3oc(=O)[nH]c3=O)cc2)c1. The number of morpholine rings is 1. The van der Waals surface area contributed by atoms with E-state index in [0.29, 0.717) is 31.0 Å². The van der Waals surface area contributed by atoms with Crippen molar-refractivity contribution in [3.05, 3.63) is 110 Å². The first-order valence-electron chi connectivity index (χ1n) is 12.9. The number of hydrogen-bond acceptors (Lipinski definition) is 6. The maximum Gasteiger partial charge on any atom is 0.440 e. The van der Waals surface area contributed by atoms with Crippen LogP contribution in [0.4, 0.5) is 0 Å². The number of aryl methyl sites for hydroxylation is 1. The van der Waals surface area contributed by atoms with E-state index in [1.165, 1.54) is 0 Å². The highest BCUT2D eigenvalue weighted by Crippen LogP contribution is 2.27. The molecule has 0 bridgehead atoms. The molecule has 202 valence electrons. The van der Waals surface area contributed by atoms with Crippen LogP contribution in [-0.2, 0) is 17.9 Å². The van der Waals surface area contributed by atoms with Crippen LogP contribution in [0.2, 0.25) is 0 Å². The van der Waals surface area contributed by atoms with Crippen LogP contribution < -0.4 is 16.2 Å². The zero-order chi connectivity index (χ0) is 27.5. The molecule has 1 aliphatic rings. The van der Waals surface area contributed by atoms with Crippen molar-refractivity contribution in [3.8, 4) is 16.9 Å². The summed E-state index contributed by atoms with van der Waals surface area (Å²) in [6.45, 7) is 7.73. The van der Waals surface area contributed by atoms with Crippen molar-refractivity contribution in [2.45, 2.75) is 46.1 Å². The van der Waals surface area contributed by atoms with Gasteiger partial charge < -0.3 is 18.9 Å². The lowest BCUT2D eigenvalue weighted by Gasteiger charge is -2.35. The second-order valence-electron chi connectivity index (χ2n) is 9.98. The van der Waals surface area contributed by atoms with Gasteiger partial charge in [0.25, 0.3) is 5.91 Å². The molecule has 9 nitrogen and oxygen atoms in total. The van der Waals surface area contributed by atoms with Crippen molar-refractivity contribution in [2.75, 3.05) is 13.1 Å². The third-order valence-corrected chi connectivity index (χ3v) is 6.70. The molecule has 0 aliphatic carbocycles. The summed E-state index contributed by atoms with van der Waals surface area (Å²) in [7, 11) is 0. The van der Waals surface area contributed by atoms with Crippen LogP contribution in [0.5, 0.6) is 5.75 Å². The monoisotopic (exact) mass is 529 g/mol. The fraction of sp³-hybridized carbons (Fsp3) is 0.300. The molecule has 1 aromatic heterocycles. The van der Waals surface area contributed by atoms with Gasteiger partial charge >= 0.3 is 11.4 Å². The summed E-state index contributed by atoms with van der Waals surface area (Å²) in [4.78, 5) is 39.8. The van der Waals surface area contributed by atoms with E-state index in [-0.39, 0.29) is 24.7 Å². The summed E-state index contributed by atoms with van der Waals surface area (Å²) in [5.74, 6) is -0.0681. The Morgan fingerprint density at radius 3 is 2.38 bits per heavy atom. The van der Waals surface area contributed by atoms with Gasteiger partial charge in [0.15, 0.2) is 0 Å². The van der Waals surface area contributed by atoms with Crippen LogP contribution in [-0.4, -0.2) is 45.8 Å². The Morgan fingerprint density at radius 2 is 1.72 bits per heavy atom. The molecule has 2 atom stereocenters. The zero-order valence-corrected chi connectivity index (χ0v) is 22.2. The summed E-state index contributed by atoms with van der Waals surface area (Å²) < 4.78 is 17.5. The Hall–Kier alpha value is -4.37. The van der Waals surface area contributed by atoms with Crippen molar-refractivity contribution >= 4 is 5.91 Å². The molecule has 1 saturated heterocycles. The third-order valence-electron chi connectivity index (χ3n) is 6.70. The van der Waals surface area contributed by atoms with E-state index in [0.717, 1.165) is 32.6 Å². The summed E-state index contributed by atoms with van der Waals surface area (Å²) >= 11 is 0. The number of H-pyrrole nitrogens is 1. The number of carbonyl (C=O) groups excluding carboxylic acids is 1. The standard InChI is InChI=1S/C30H31N3O6/c1-19-13-25(28(34)32-15-20(2)38-21(3)16-32)9-12-27(19)24-6-4-5-23(14-24)18-37-26-10-7-22(8-11-26)17-33-29(35)31-30(36)39-33/h4-14,20-21H,15-18H2,1-3H3,(H,31,35,36). The van der Waals surface area contributed by atoms with Gasteiger partial charge in [0.1, 0.15) is 12.4 Å².